The number of ether oxygens (including phenoxy) is 1. The zero-order valence-electron chi connectivity index (χ0n) is 10.6. The minimum atomic E-state index is 0.205. The van der Waals surface area contributed by atoms with Crippen molar-refractivity contribution in [2.45, 2.75) is 6.42 Å². The molecular weight excluding hydrogens is 264 g/mol. The second-order valence-corrected chi connectivity index (χ2v) is 4.36. The minimum absolute atomic E-state index is 0.205. The van der Waals surface area contributed by atoms with Crippen LogP contribution in [-0.4, -0.2) is 23.6 Å². The van der Waals surface area contributed by atoms with Gasteiger partial charge in [0.2, 0.25) is 5.95 Å². The van der Waals surface area contributed by atoms with E-state index in [-0.39, 0.29) is 5.95 Å². The molecule has 0 spiro atoms. The summed E-state index contributed by atoms with van der Waals surface area (Å²) in [6.07, 6.45) is 2.34. The highest BCUT2D eigenvalue weighted by Gasteiger charge is 2.03. The number of nitrogens with one attached hydrogen (secondary N) is 1. The molecule has 0 saturated heterocycles. The lowest BCUT2D eigenvalue weighted by Gasteiger charge is -2.08. The Kier molecular flexibility index (Phi) is 4.41. The molecule has 2 rings (SSSR count). The third-order valence-corrected chi connectivity index (χ3v) is 2.90. The smallest absolute Gasteiger partial charge is 0.222 e. The fourth-order valence-corrected chi connectivity index (χ4v) is 1.78. The largest absolute Gasteiger partial charge is 0.497 e. The molecule has 2 aromatic rings. The molecular formula is C13H15ClN4O. The number of rotatable bonds is 5. The van der Waals surface area contributed by atoms with Crippen LogP contribution in [0.25, 0.3) is 0 Å². The summed E-state index contributed by atoms with van der Waals surface area (Å²) in [5, 5.41) is 3.60. The average molecular weight is 279 g/mol. The van der Waals surface area contributed by atoms with Gasteiger partial charge in [-0.3, -0.25) is 0 Å². The Labute approximate surface area is 116 Å². The Morgan fingerprint density at radius 2 is 2.05 bits per heavy atom. The van der Waals surface area contributed by atoms with Gasteiger partial charge >= 0.3 is 0 Å². The average Bonchev–Trinajstić information content (AvgIpc) is 2.43. The van der Waals surface area contributed by atoms with Gasteiger partial charge in [0.15, 0.2) is 0 Å². The molecule has 0 unspecified atom stereocenters. The molecule has 0 amide bonds. The van der Waals surface area contributed by atoms with E-state index in [9.17, 15) is 0 Å². The summed E-state index contributed by atoms with van der Waals surface area (Å²) < 4.78 is 5.11. The first-order valence-electron chi connectivity index (χ1n) is 5.84. The van der Waals surface area contributed by atoms with E-state index in [4.69, 9.17) is 22.1 Å². The third kappa shape index (κ3) is 3.72. The zero-order valence-corrected chi connectivity index (χ0v) is 11.3. The number of nitrogen functional groups attached to an aromatic ring is 1. The minimum Gasteiger partial charge on any atom is -0.497 e. The van der Waals surface area contributed by atoms with Gasteiger partial charge in [-0.1, -0.05) is 23.7 Å². The van der Waals surface area contributed by atoms with Gasteiger partial charge in [-0.25, -0.2) is 4.98 Å². The molecule has 0 bridgehead atoms. The number of aromatic nitrogens is 2. The van der Waals surface area contributed by atoms with Gasteiger partial charge in [0, 0.05) is 6.54 Å². The van der Waals surface area contributed by atoms with E-state index in [1.807, 2.05) is 24.3 Å². The van der Waals surface area contributed by atoms with E-state index in [0.717, 1.165) is 12.2 Å². The van der Waals surface area contributed by atoms with Gasteiger partial charge in [0.1, 0.15) is 16.6 Å². The number of nitrogens with two attached hydrogens (primary N) is 1. The van der Waals surface area contributed by atoms with E-state index in [1.165, 1.54) is 11.8 Å². The first-order chi connectivity index (χ1) is 9.19. The van der Waals surface area contributed by atoms with Crippen LogP contribution in [0.15, 0.2) is 30.5 Å². The zero-order chi connectivity index (χ0) is 13.7. The van der Waals surface area contributed by atoms with Crippen LogP contribution in [0.5, 0.6) is 5.75 Å². The monoisotopic (exact) mass is 278 g/mol. The Bertz CT molecular complexity index is 545. The number of hydrogen-bond acceptors (Lipinski definition) is 5. The second-order valence-electron chi connectivity index (χ2n) is 3.95. The normalized spacial score (nSPS) is 10.2. The fourth-order valence-electron chi connectivity index (χ4n) is 1.62. The standard InChI is InChI=1S/C13H15ClN4O/c1-19-10-4-2-9(3-5-10)6-7-16-12-11(14)8-17-13(15)18-12/h2-5,8H,6-7H2,1H3,(H3,15,16,17,18). The quantitative estimate of drug-likeness (QED) is 0.878. The van der Waals surface area contributed by atoms with Crippen molar-refractivity contribution >= 4 is 23.4 Å². The Hall–Kier alpha value is -2.01. The summed E-state index contributed by atoms with van der Waals surface area (Å²) in [6.45, 7) is 0.711. The van der Waals surface area contributed by atoms with Crippen LogP contribution in [0.1, 0.15) is 5.56 Å². The molecule has 0 fully saturated rings. The van der Waals surface area contributed by atoms with E-state index in [2.05, 4.69) is 15.3 Å². The number of anilines is 2. The molecule has 3 N–H and O–H groups in total. The molecule has 0 aliphatic rings. The highest BCUT2D eigenvalue weighted by molar-refractivity contribution is 6.32. The highest BCUT2D eigenvalue weighted by Crippen LogP contribution is 2.18. The van der Waals surface area contributed by atoms with Crippen molar-refractivity contribution in [2.75, 3.05) is 24.7 Å². The summed E-state index contributed by atoms with van der Waals surface area (Å²) in [5.74, 6) is 1.61. The summed E-state index contributed by atoms with van der Waals surface area (Å²) in [4.78, 5) is 7.84. The van der Waals surface area contributed by atoms with Gasteiger partial charge in [0.05, 0.1) is 13.3 Å². The lowest BCUT2D eigenvalue weighted by Crippen LogP contribution is -2.08. The summed E-state index contributed by atoms with van der Waals surface area (Å²) in [7, 11) is 1.65. The first kappa shape index (κ1) is 13.4. The Morgan fingerprint density at radius 1 is 1.32 bits per heavy atom. The number of benzene rings is 1. The number of hydrogen-bond donors (Lipinski definition) is 2. The van der Waals surface area contributed by atoms with Gasteiger partial charge in [-0.15, -0.1) is 0 Å². The predicted molar refractivity (Wildman–Crippen MR) is 76.6 cm³/mol. The molecule has 0 saturated carbocycles. The van der Waals surface area contributed by atoms with Crippen molar-refractivity contribution in [3.63, 3.8) is 0 Å². The van der Waals surface area contributed by atoms with Gasteiger partial charge in [0.25, 0.3) is 0 Å². The molecule has 0 radical (unpaired) electrons. The van der Waals surface area contributed by atoms with Crippen molar-refractivity contribution in [1.82, 2.24) is 9.97 Å². The SMILES string of the molecule is COc1ccc(CCNc2nc(N)ncc2Cl)cc1. The van der Waals surface area contributed by atoms with Crippen molar-refractivity contribution in [1.29, 1.82) is 0 Å². The molecule has 5 nitrogen and oxygen atoms in total. The van der Waals surface area contributed by atoms with E-state index >= 15 is 0 Å². The maximum Gasteiger partial charge on any atom is 0.222 e. The Balaban J connectivity index is 1.90. The van der Waals surface area contributed by atoms with Crippen LogP contribution in [0.2, 0.25) is 5.02 Å². The van der Waals surface area contributed by atoms with Crippen LogP contribution in [-0.2, 0) is 6.42 Å². The summed E-state index contributed by atoms with van der Waals surface area (Å²) in [5.41, 5.74) is 6.71. The third-order valence-electron chi connectivity index (χ3n) is 2.63. The lowest BCUT2D eigenvalue weighted by atomic mass is 10.1. The second kappa shape index (κ2) is 6.24. The molecule has 0 aliphatic heterocycles. The van der Waals surface area contributed by atoms with E-state index in [1.54, 1.807) is 7.11 Å². The van der Waals surface area contributed by atoms with Crippen LogP contribution in [0, 0.1) is 0 Å². The number of methoxy groups -OCH3 is 1. The molecule has 1 aromatic carbocycles. The predicted octanol–water partition coefficient (Wildman–Crippen LogP) is 2.38. The summed E-state index contributed by atoms with van der Waals surface area (Å²) >= 11 is 5.96. The summed E-state index contributed by atoms with van der Waals surface area (Å²) in [6, 6.07) is 7.92. The van der Waals surface area contributed by atoms with E-state index < -0.39 is 0 Å². The molecule has 0 atom stereocenters. The Morgan fingerprint density at radius 3 is 2.74 bits per heavy atom. The van der Waals surface area contributed by atoms with Crippen molar-refractivity contribution in [3.05, 3.63) is 41.0 Å². The van der Waals surface area contributed by atoms with E-state index in [0.29, 0.717) is 17.4 Å². The lowest BCUT2D eigenvalue weighted by molar-refractivity contribution is 0.414. The van der Waals surface area contributed by atoms with Crippen LogP contribution < -0.4 is 15.8 Å². The molecule has 1 heterocycles. The van der Waals surface area contributed by atoms with Crippen LogP contribution in [0.3, 0.4) is 0 Å². The van der Waals surface area contributed by atoms with Crippen molar-refractivity contribution < 1.29 is 4.74 Å². The van der Waals surface area contributed by atoms with Crippen LogP contribution >= 0.6 is 11.6 Å². The maximum absolute atomic E-state index is 5.96. The van der Waals surface area contributed by atoms with Gasteiger partial charge < -0.3 is 15.8 Å². The highest BCUT2D eigenvalue weighted by atomic mass is 35.5. The number of halogens is 1. The maximum atomic E-state index is 5.96. The molecule has 19 heavy (non-hydrogen) atoms. The molecule has 0 aliphatic carbocycles. The topological polar surface area (TPSA) is 73.1 Å². The fraction of sp³-hybridized carbons (Fsp3) is 0.231. The van der Waals surface area contributed by atoms with Gasteiger partial charge in [-0.05, 0) is 24.1 Å². The van der Waals surface area contributed by atoms with Crippen LogP contribution in [0.4, 0.5) is 11.8 Å². The van der Waals surface area contributed by atoms with Gasteiger partial charge in [-0.2, -0.15) is 4.98 Å². The number of nitrogens with zero attached hydrogens (tertiary/aromatic N) is 2. The molecule has 1 aromatic heterocycles. The molecule has 6 heteroatoms. The van der Waals surface area contributed by atoms with Crippen molar-refractivity contribution in [3.8, 4) is 5.75 Å². The molecule has 100 valence electrons. The first-order valence-corrected chi connectivity index (χ1v) is 6.21. The van der Waals surface area contributed by atoms with Crippen molar-refractivity contribution in [2.24, 2.45) is 0 Å².